The van der Waals surface area contributed by atoms with E-state index in [2.05, 4.69) is 4.98 Å². The summed E-state index contributed by atoms with van der Waals surface area (Å²) in [7, 11) is 1.72. The maximum Gasteiger partial charge on any atom is 0.253 e. The van der Waals surface area contributed by atoms with Gasteiger partial charge in [-0.1, -0.05) is 0 Å². The topological polar surface area (TPSA) is 47.4 Å². The second-order valence-corrected chi connectivity index (χ2v) is 5.55. The van der Waals surface area contributed by atoms with Gasteiger partial charge in [0, 0.05) is 30.7 Å². The minimum atomic E-state index is -0.307. The highest BCUT2D eigenvalue weighted by atomic mass is 19.1. The molecule has 0 aliphatic heterocycles. The fourth-order valence-electron chi connectivity index (χ4n) is 2.34. The molecule has 0 saturated heterocycles. The predicted octanol–water partition coefficient (Wildman–Crippen LogP) is 3.16. The minimum Gasteiger partial charge on any atom is -0.492 e. The molecule has 0 unspecified atom stereocenters. The average molecular weight is 339 g/mol. The summed E-state index contributed by atoms with van der Waals surface area (Å²) in [6.07, 6.45) is 5.25. The van der Waals surface area contributed by atoms with Crippen molar-refractivity contribution >= 4 is 5.91 Å². The lowest BCUT2D eigenvalue weighted by Crippen LogP contribution is -2.30. The first-order valence-corrected chi connectivity index (χ1v) is 7.86. The second-order valence-electron chi connectivity index (χ2n) is 5.55. The zero-order chi connectivity index (χ0) is 17.6. The molecule has 128 valence electrons. The molecular formula is C19H18FN3O2. The smallest absolute Gasteiger partial charge is 0.253 e. The highest BCUT2D eigenvalue weighted by Crippen LogP contribution is 2.12. The third kappa shape index (κ3) is 4.23. The molecule has 0 aliphatic rings. The number of carbonyl (C=O) groups excluding carboxylic acids is 1. The molecule has 5 nitrogen and oxygen atoms in total. The van der Waals surface area contributed by atoms with Gasteiger partial charge in [-0.25, -0.2) is 9.37 Å². The summed E-state index contributed by atoms with van der Waals surface area (Å²) in [4.78, 5) is 18.0. The van der Waals surface area contributed by atoms with Gasteiger partial charge >= 0.3 is 0 Å². The van der Waals surface area contributed by atoms with Gasteiger partial charge in [0.05, 0.1) is 12.9 Å². The molecule has 0 atom stereocenters. The summed E-state index contributed by atoms with van der Waals surface area (Å²) in [5, 5.41) is 0. The summed E-state index contributed by atoms with van der Waals surface area (Å²) in [5.74, 6) is 0.186. The number of halogens is 1. The lowest BCUT2D eigenvalue weighted by molar-refractivity contribution is 0.0774. The molecule has 0 N–H and O–H groups in total. The van der Waals surface area contributed by atoms with Crippen molar-refractivity contribution in [2.24, 2.45) is 0 Å². The Bertz CT molecular complexity index is 815. The number of benzene rings is 2. The van der Waals surface area contributed by atoms with Crippen LogP contribution in [0.3, 0.4) is 0 Å². The molecule has 3 aromatic rings. The lowest BCUT2D eigenvalue weighted by Gasteiger charge is -2.18. The first kappa shape index (κ1) is 16.7. The number of likely N-dealkylation sites (N-methyl/N-ethyl adjacent to an activating group) is 1. The summed E-state index contributed by atoms with van der Waals surface area (Å²) in [6, 6.07) is 13.1. The normalized spacial score (nSPS) is 10.5. The Morgan fingerprint density at radius 1 is 1.16 bits per heavy atom. The molecule has 6 heteroatoms. The molecule has 0 aliphatic carbocycles. The Morgan fingerprint density at radius 3 is 2.52 bits per heavy atom. The van der Waals surface area contributed by atoms with Crippen molar-refractivity contribution in [2.45, 2.75) is 0 Å². The van der Waals surface area contributed by atoms with Gasteiger partial charge in [-0.2, -0.15) is 0 Å². The Kier molecular flexibility index (Phi) is 5.09. The fourth-order valence-corrected chi connectivity index (χ4v) is 2.34. The molecule has 0 spiro atoms. The largest absolute Gasteiger partial charge is 0.492 e. The van der Waals surface area contributed by atoms with Gasteiger partial charge in [0.15, 0.2) is 0 Å². The summed E-state index contributed by atoms with van der Waals surface area (Å²) in [5.41, 5.74) is 1.55. The van der Waals surface area contributed by atoms with E-state index >= 15 is 0 Å². The first-order chi connectivity index (χ1) is 12.1. The van der Waals surface area contributed by atoms with E-state index in [4.69, 9.17) is 4.74 Å². The van der Waals surface area contributed by atoms with Crippen LogP contribution in [0.15, 0.2) is 67.3 Å². The molecule has 2 aromatic carbocycles. The predicted molar refractivity (Wildman–Crippen MR) is 92.4 cm³/mol. The Hall–Kier alpha value is -3.15. The molecule has 0 fully saturated rings. The lowest BCUT2D eigenvalue weighted by atomic mass is 10.2. The molecule has 0 saturated carbocycles. The number of carbonyl (C=O) groups is 1. The monoisotopic (exact) mass is 339 g/mol. The Balaban J connectivity index is 1.54. The van der Waals surface area contributed by atoms with Gasteiger partial charge in [0.25, 0.3) is 5.91 Å². The third-order valence-electron chi connectivity index (χ3n) is 3.77. The Labute approximate surface area is 145 Å². The SMILES string of the molecule is CN(CCOc1ccc(F)cc1)C(=O)c1ccc(-n2ccnc2)cc1. The van der Waals surface area contributed by atoms with Crippen LogP contribution < -0.4 is 4.74 Å². The number of ether oxygens (including phenoxy) is 1. The number of hydrogen-bond acceptors (Lipinski definition) is 3. The van der Waals surface area contributed by atoms with Crippen molar-refractivity contribution in [1.29, 1.82) is 0 Å². The molecule has 1 heterocycles. The van der Waals surface area contributed by atoms with E-state index in [0.717, 1.165) is 5.69 Å². The third-order valence-corrected chi connectivity index (χ3v) is 3.77. The van der Waals surface area contributed by atoms with Crippen LogP contribution in [0.1, 0.15) is 10.4 Å². The van der Waals surface area contributed by atoms with Crippen molar-refractivity contribution in [1.82, 2.24) is 14.5 Å². The van der Waals surface area contributed by atoms with Crippen LogP contribution in [-0.2, 0) is 0 Å². The van der Waals surface area contributed by atoms with Gasteiger partial charge in [-0.3, -0.25) is 4.79 Å². The van der Waals surface area contributed by atoms with Crippen molar-refractivity contribution in [3.05, 3.63) is 78.6 Å². The molecule has 1 amide bonds. The fraction of sp³-hybridized carbons (Fsp3) is 0.158. The van der Waals surface area contributed by atoms with Crippen LogP contribution in [-0.4, -0.2) is 40.6 Å². The molecule has 25 heavy (non-hydrogen) atoms. The van der Waals surface area contributed by atoms with Crippen LogP contribution in [0, 0.1) is 5.82 Å². The highest BCUT2D eigenvalue weighted by molar-refractivity contribution is 5.94. The number of nitrogens with zero attached hydrogens (tertiary/aromatic N) is 3. The zero-order valence-corrected chi connectivity index (χ0v) is 13.8. The Morgan fingerprint density at radius 2 is 1.88 bits per heavy atom. The highest BCUT2D eigenvalue weighted by Gasteiger charge is 2.11. The van der Waals surface area contributed by atoms with Gasteiger partial charge in [-0.05, 0) is 48.5 Å². The number of amides is 1. The maximum atomic E-state index is 12.8. The van der Waals surface area contributed by atoms with E-state index in [1.165, 1.54) is 12.1 Å². The molecule has 3 rings (SSSR count). The van der Waals surface area contributed by atoms with E-state index in [1.807, 2.05) is 22.9 Å². The molecule has 0 bridgehead atoms. The van der Waals surface area contributed by atoms with Crippen molar-refractivity contribution in [3.63, 3.8) is 0 Å². The number of rotatable bonds is 6. The quantitative estimate of drug-likeness (QED) is 0.693. The van der Waals surface area contributed by atoms with E-state index in [0.29, 0.717) is 24.5 Å². The summed E-state index contributed by atoms with van der Waals surface area (Å²) >= 11 is 0. The van der Waals surface area contributed by atoms with Gasteiger partial charge in [-0.15, -0.1) is 0 Å². The van der Waals surface area contributed by atoms with E-state index < -0.39 is 0 Å². The van der Waals surface area contributed by atoms with Gasteiger partial charge in [0.1, 0.15) is 18.2 Å². The van der Waals surface area contributed by atoms with Crippen molar-refractivity contribution in [3.8, 4) is 11.4 Å². The zero-order valence-electron chi connectivity index (χ0n) is 13.8. The number of hydrogen-bond donors (Lipinski definition) is 0. The maximum absolute atomic E-state index is 12.8. The van der Waals surface area contributed by atoms with Crippen LogP contribution >= 0.6 is 0 Å². The van der Waals surface area contributed by atoms with Crippen molar-refractivity contribution < 1.29 is 13.9 Å². The second kappa shape index (κ2) is 7.61. The van der Waals surface area contributed by atoms with E-state index in [-0.39, 0.29) is 11.7 Å². The van der Waals surface area contributed by atoms with Crippen LogP contribution in [0.5, 0.6) is 5.75 Å². The molecular weight excluding hydrogens is 321 g/mol. The molecule has 1 aromatic heterocycles. The average Bonchev–Trinajstić information content (AvgIpc) is 3.17. The van der Waals surface area contributed by atoms with Crippen LogP contribution in [0.2, 0.25) is 0 Å². The minimum absolute atomic E-state index is 0.0834. The summed E-state index contributed by atoms with van der Waals surface area (Å²) < 4.78 is 20.2. The van der Waals surface area contributed by atoms with E-state index in [1.54, 1.807) is 48.7 Å². The van der Waals surface area contributed by atoms with Crippen LogP contribution in [0.4, 0.5) is 4.39 Å². The molecule has 0 radical (unpaired) electrons. The van der Waals surface area contributed by atoms with E-state index in [9.17, 15) is 9.18 Å². The number of imidazole rings is 1. The van der Waals surface area contributed by atoms with Crippen molar-refractivity contribution in [2.75, 3.05) is 20.2 Å². The standard InChI is InChI=1S/C19H18FN3O2/c1-22(12-13-25-18-8-4-16(20)5-9-18)19(24)15-2-6-17(7-3-15)23-11-10-21-14-23/h2-11,14H,12-13H2,1H3. The van der Waals surface area contributed by atoms with Crippen LogP contribution in [0.25, 0.3) is 5.69 Å². The van der Waals surface area contributed by atoms with Gasteiger partial charge < -0.3 is 14.2 Å². The number of aromatic nitrogens is 2. The first-order valence-electron chi connectivity index (χ1n) is 7.86. The van der Waals surface area contributed by atoms with Gasteiger partial charge in [0.2, 0.25) is 0 Å². The summed E-state index contributed by atoms with van der Waals surface area (Å²) in [6.45, 7) is 0.764.